The first-order chi connectivity index (χ1) is 8.90. The maximum atomic E-state index is 12.3. The summed E-state index contributed by atoms with van der Waals surface area (Å²) in [5.74, 6) is 0. The van der Waals surface area contributed by atoms with Gasteiger partial charge in [0.2, 0.25) is 10.0 Å². The molecule has 0 aliphatic carbocycles. The van der Waals surface area contributed by atoms with Crippen LogP contribution in [0.3, 0.4) is 0 Å². The van der Waals surface area contributed by atoms with Gasteiger partial charge in [0.05, 0.1) is 4.90 Å². The topological polar surface area (TPSA) is 72.2 Å². The number of unbranched alkanes of at least 4 members (excludes halogenated alkanes) is 1. The molecule has 0 amide bonds. The van der Waals surface area contributed by atoms with E-state index in [2.05, 4.69) is 11.6 Å². The molecule has 1 atom stereocenters. The summed E-state index contributed by atoms with van der Waals surface area (Å²) in [6, 6.07) is 5.15. The van der Waals surface area contributed by atoms with E-state index < -0.39 is 10.0 Å². The lowest BCUT2D eigenvalue weighted by Crippen LogP contribution is -2.40. The molecule has 0 saturated carbocycles. The fourth-order valence-corrected chi connectivity index (χ4v) is 3.57. The summed E-state index contributed by atoms with van der Waals surface area (Å²) in [7, 11) is -3.48. The fourth-order valence-electron chi connectivity index (χ4n) is 2.06. The van der Waals surface area contributed by atoms with Crippen LogP contribution in [0.4, 0.5) is 0 Å². The third-order valence-electron chi connectivity index (χ3n) is 3.13. The second-order valence-electron chi connectivity index (χ2n) is 4.97. The van der Waals surface area contributed by atoms with Crippen LogP contribution < -0.4 is 10.5 Å². The SMILES string of the molecule is CCCCC(CN)NS(=O)(=O)c1ccc(C)cc1C. The van der Waals surface area contributed by atoms with Crippen molar-refractivity contribution in [2.45, 2.75) is 51.0 Å². The van der Waals surface area contributed by atoms with Crippen LogP contribution in [0.1, 0.15) is 37.3 Å². The number of hydrogen-bond acceptors (Lipinski definition) is 3. The zero-order valence-electron chi connectivity index (χ0n) is 11.9. The van der Waals surface area contributed by atoms with Gasteiger partial charge in [-0.15, -0.1) is 0 Å². The molecule has 3 N–H and O–H groups in total. The van der Waals surface area contributed by atoms with E-state index in [1.54, 1.807) is 6.07 Å². The Labute approximate surface area is 116 Å². The third kappa shape index (κ3) is 4.60. The number of aryl methyl sites for hydroxylation is 2. The molecular formula is C14H24N2O2S. The first kappa shape index (κ1) is 16.1. The molecule has 0 bridgehead atoms. The Bertz CT molecular complexity index is 512. The van der Waals surface area contributed by atoms with Crippen LogP contribution in [-0.2, 0) is 10.0 Å². The van der Waals surface area contributed by atoms with Crippen molar-refractivity contribution in [2.75, 3.05) is 6.54 Å². The van der Waals surface area contributed by atoms with Gasteiger partial charge >= 0.3 is 0 Å². The van der Waals surface area contributed by atoms with Crippen molar-refractivity contribution in [2.24, 2.45) is 5.73 Å². The summed E-state index contributed by atoms with van der Waals surface area (Å²) in [5, 5.41) is 0. The number of nitrogens with two attached hydrogens (primary N) is 1. The molecule has 19 heavy (non-hydrogen) atoms. The molecule has 0 aliphatic heterocycles. The quantitative estimate of drug-likeness (QED) is 0.805. The van der Waals surface area contributed by atoms with Gasteiger partial charge in [-0.05, 0) is 31.9 Å². The summed E-state index contributed by atoms with van der Waals surface area (Å²) in [6.45, 7) is 6.15. The molecule has 0 aromatic heterocycles. The fraction of sp³-hybridized carbons (Fsp3) is 0.571. The van der Waals surface area contributed by atoms with E-state index in [1.807, 2.05) is 26.0 Å². The van der Waals surface area contributed by atoms with Crippen molar-refractivity contribution in [1.29, 1.82) is 0 Å². The van der Waals surface area contributed by atoms with Crippen molar-refractivity contribution in [1.82, 2.24) is 4.72 Å². The minimum Gasteiger partial charge on any atom is -0.329 e. The summed E-state index contributed by atoms with van der Waals surface area (Å²) in [6.07, 6.45) is 2.77. The van der Waals surface area contributed by atoms with Crippen molar-refractivity contribution in [3.8, 4) is 0 Å². The largest absolute Gasteiger partial charge is 0.329 e. The van der Waals surface area contributed by atoms with E-state index in [9.17, 15) is 8.42 Å². The molecule has 108 valence electrons. The lowest BCUT2D eigenvalue weighted by Gasteiger charge is -2.17. The smallest absolute Gasteiger partial charge is 0.241 e. The zero-order valence-corrected chi connectivity index (χ0v) is 12.8. The number of nitrogens with one attached hydrogen (secondary N) is 1. The molecule has 4 nitrogen and oxygen atoms in total. The second-order valence-corrected chi connectivity index (χ2v) is 6.65. The summed E-state index contributed by atoms with van der Waals surface area (Å²) < 4.78 is 27.4. The molecule has 0 spiro atoms. The Hall–Kier alpha value is -0.910. The van der Waals surface area contributed by atoms with Gasteiger partial charge in [-0.25, -0.2) is 13.1 Å². The number of sulfonamides is 1. The minimum atomic E-state index is -3.48. The van der Waals surface area contributed by atoms with Gasteiger partial charge in [0.25, 0.3) is 0 Å². The van der Waals surface area contributed by atoms with Gasteiger partial charge in [-0.3, -0.25) is 0 Å². The van der Waals surface area contributed by atoms with Gasteiger partial charge in [-0.1, -0.05) is 37.5 Å². The highest BCUT2D eigenvalue weighted by molar-refractivity contribution is 7.89. The maximum Gasteiger partial charge on any atom is 0.241 e. The van der Waals surface area contributed by atoms with Crippen LogP contribution >= 0.6 is 0 Å². The van der Waals surface area contributed by atoms with E-state index in [-0.39, 0.29) is 6.04 Å². The van der Waals surface area contributed by atoms with Gasteiger partial charge < -0.3 is 5.73 Å². The molecule has 1 aromatic rings. The summed E-state index contributed by atoms with van der Waals surface area (Å²) in [4.78, 5) is 0.341. The van der Waals surface area contributed by atoms with Gasteiger partial charge in [0.1, 0.15) is 0 Å². The Morgan fingerprint density at radius 1 is 1.32 bits per heavy atom. The van der Waals surface area contributed by atoms with Crippen LogP contribution in [0.15, 0.2) is 23.1 Å². The van der Waals surface area contributed by atoms with Crippen LogP contribution in [0, 0.1) is 13.8 Å². The van der Waals surface area contributed by atoms with E-state index in [0.29, 0.717) is 11.4 Å². The third-order valence-corrected chi connectivity index (χ3v) is 4.81. The summed E-state index contributed by atoms with van der Waals surface area (Å²) >= 11 is 0. The van der Waals surface area contributed by atoms with Crippen LogP contribution in [0.25, 0.3) is 0 Å². The molecule has 1 aromatic carbocycles. The molecule has 0 heterocycles. The van der Waals surface area contributed by atoms with Gasteiger partial charge in [-0.2, -0.15) is 0 Å². The van der Waals surface area contributed by atoms with Crippen LogP contribution in [0.5, 0.6) is 0 Å². The lowest BCUT2D eigenvalue weighted by atomic mass is 10.1. The molecule has 0 aliphatic rings. The second kappa shape index (κ2) is 7.03. The Balaban J connectivity index is 2.90. The molecule has 1 unspecified atom stereocenters. The standard InChI is InChI=1S/C14H24N2O2S/c1-4-5-6-13(10-15)16-19(17,18)14-8-7-11(2)9-12(14)3/h7-9,13,16H,4-6,10,15H2,1-3H3. The molecule has 0 saturated heterocycles. The van der Waals surface area contributed by atoms with Crippen molar-refractivity contribution < 1.29 is 8.42 Å². The number of benzene rings is 1. The monoisotopic (exact) mass is 284 g/mol. The zero-order chi connectivity index (χ0) is 14.5. The highest BCUT2D eigenvalue weighted by atomic mass is 32.2. The first-order valence-electron chi connectivity index (χ1n) is 6.70. The van der Waals surface area contributed by atoms with Crippen molar-refractivity contribution in [3.63, 3.8) is 0 Å². The predicted octanol–water partition coefficient (Wildman–Crippen LogP) is 2.10. The average Bonchev–Trinajstić information content (AvgIpc) is 2.33. The van der Waals surface area contributed by atoms with E-state index >= 15 is 0 Å². The molecule has 0 radical (unpaired) electrons. The Kier molecular flexibility index (Phi) is 5.97. The normalized spacial score (nSPS) is 13.5. The highest BCUT2D eigenvalue weighted by Gasteiger charge is 2.20. The lowest BCUT2D eigenvalue weighted by molar-refractivity contribution is 0.516. The van der Waals surface area contributed by atoms with Gasteiger partial charge in [0.15, 0.2) is 0 Å². The van der Waals surface area contributed by atoms with E-state index in [0.717, 1.165) is 30.4 Å². The molecular weight excluding hydrogens is 260 g/mol. The average molecular weight is 284 g/mol. The Morgan fingerprint density at radius 2 is 2.00 bits per heavy atom. The van der Waals surface area contributed by atoms with E-state index in [1.165, 1.54) is 0 Å². The molecule has 5 heteroatoms. The Morgan fingerprint density at radius 3 is 2.53 bits per heavy atom. The minimum absolute atomic E-state index is 0.189. The van der Waals surface area contributed by atoms with Crippen molar-refractivity contribution >= 4 is 10.0 Å². The number of hydrogen-bond donors (Lipinski definition) is 2. The predicted molar refractivity (Wildman–Crippen MR) is 78.6 cm³/mol. The molecule has 0 fully saturated rings. The summed E-state index contributed by atoms with van der Waals surface area (Å²) in [5.41, 5.74) is 7.45. The van der Waals surface area contributed by atoms with Crippen LogP contribution in [0.2, 0.25) is 0 Å². The van der Waals surface area contributed by atoms with Crippen LogP contribution in [-0.4, -0.2) is 21.0 Å². The van der Waals surface area contributed by atoms with Crippen molar-refractivity contribution in [3.05, 3.63) is 29.3 Å². The highest BCUT2D eigenvalue weighted by Crippen LogP contribution is 2.17. The number of rotatable bonds is 7. The molecule has 1 rings (SSSR count). The first-order valence-corrected chi connectivity index (χ1v) is 8.18. The maximum absolute atomic E-state index is 12.3. The van der Waals surface area contributed by atoms with Gasteiger partial charge in [0, 0.05) is 12.6 Å². The van der Waals surface area contributed by atoms with E-state index in [4.69, 9.17) is 5.73 Å².